The van der Waals surface area contributed by atoms with Crippen LogP contribution in [0.2, 0.25) is 0 Å². The zero-order valence-corrected chi connectivity index (χ0v) is 13.9. The van der Waals surface area contributed by atoms with Crippen LogP contribution in [0, 0.1) is 0 Å². The Labute approximate surface area is 141 Å². The van der Waals surface area contributed by atoms with Crippen molar-refractivity contribution in [3.8, 4) is 17.2 Å². The molecule has 2 aromatic rings. The summed E-state index contributed by atoms with van der Waals surface area (Å²) in [6.07, 6.45) is 0. The van der Waals surface area contributed by atoms with Crippen LogP contribution in [0.1, 0.15) is 6.92 Å². The van der Waals surface area contributed by atoms with Crippen LogP contribution in [0.4, 0.5) is 5.69 Å². The smallest absolute Gasteiger partial charge is 0.262 e. The van der Waals surface area contributed by atoms with Crippen molar-refractivity contribution in [1.29, 1.82) is 0 Å². The first-order valence-electron chi connectivity index (χ1n) is 7.51. The van der Waals surface area contributed by atoms with E-state index in [4.69, 9.17) is 14.2 Å². The molecule has 0 aliphatic rings. The molecular formula is C19H21NO4. The van der Waals surface area contributed by atoms with E-state index in [0.29, 0.717) is 29.5 Å². The molecule has 0 aliphatic heterocycles. The van der Waals surface area contributed by atoms with Gasteiger partial charge >= 0.3 is 0 Å². The first kappa shape index (κ1) is 17.4. The van der Waals surface area contributed by atoms with Gasteiger partial charge in [0.15, 0.2) is 18.1 Å². The van der Waals surface area contributed by atoms with Gasteiger partial charge in [0, 0.05) is 11.8 Å². The molecule has 5 heteroatoms. The number of ether oxygens (including phenoxy) is 3. The molecule has 0 saturated heterocycles. The second kappa shape index (κ2) is 8.62. The lowest BCUT2D eigenvalue weighted by Gasteiger charge is -2.11. The SMILES string of the molecule is C=C(C)COc1cccc(NC(=O)COc2ccccc2OC)c1. The van der Waals surface area contributed by atoms with Crippen LogP contribution in [0.5, 0.6) is 17.2 Å². The molecule has 0 unspecified atom stereocenters. The number of benzene rings is 2. The summed E-state index contributed by atoms with van der Waals surface area (Å²) in [7, 11) is 1.55. The monoisotopic (exact) mass is 327 g/mol. The third-order valence-electron chi connectivity index (χ3n) is 3.03. The Morgan fingerprint density at radius 1 is 1.04 bits per heavy atom. The van der Waals surface area contributed by atoms with Gasteiger partial charge in [0.25, 0.3) is 5.91 Å². The van der Waals surface area contributed by atoms with E-state index in [2.05, 4.69) is 11.9 Å². The van der Waals surface area contributed by atoms with Gasteiger partial charge < -0.3 is 19.5 Å². The highest BCUT2D eigenvalue weighted by Crippen LogP contribution is 2.25. The molecule has 1 amide bonds. The van der Waals surface area contributed by atoms with Gasteiger partial charge in [-0.25, -0.2) is 0 Å². The lowest BCUT2D eigenvalue weighted by molar-refractivity contribution is -0.118. The number of amides is 1. The van der Waals surface area contributed by atoms with Crippen LogP contribution < -0.4 is 19.5 Å². The normalized spacial score (nSPS) is 9.92. The van der Waals surface area contributed by atoms with E-state index in [9.17, 15) is 4.79 Å². The highest BCUT2D eigenvalue weighted by molar-refractivity contribution is 5.92. The van der Waals surface area contributed by atoms with E-state index in [1.807, 2.05) is 31.2 Å². The largest absolute Gasteiger partial charge is 0.493 e. The van der Waals surface area contributed by atoms with Crippen molar-refractivity contribution in [1.82, 2.24) is 0 Å². The molecule has 0 bridgehead atoms. The van der Waals surface area contributed by atoms with Gasteiger partial charge in [-0.2, -0.15) is 0 Å². The molecule has 0 heterocycles. The molecule has 24 heavy (non-hydrogen) atoms. The molecule has 0 fully saturated rings. The van der Waals surface area contributed by atoms with Crippen LogP contribution in [0.25, 0.3) is 0 Å². The molecule has 0 atom stereocenters. The number of hydrogen-bond acceptors (Lipinski definition) is 4. The second-order valence-electron chi connectivity index (χ2n) is 5.26. The highest BCUT2D eigenvalue weighted by atomic mass is 16.5. The van der Waals surface area contributed by atoms with Crippen molar-refractivity contribution in [3.63, 3.8) is 0 Å². The first-order valence-corrected chi connectivity index (χ1v) is 7.51. The van der Waals surface area contributed by atoms with Crippen molar-refractivity contribution in [2.75, 3.05) is 25.6 Å². The van der Waals surface area contributed by atoms with Gasteiger partial charge in [-0.1, -0.05) is 24.8 Å². The van der Waals surface area contributed by atoms with E-state index in [1.165, 1.54) is 0 Å². The first-order chi connectivity index (χ1) is 11.6. The van der Waals surface area contributed by atoms with Gasteiger partial charge in [0.1, 0.15) is 12.4 Å². The molecule has 0 aliphatic carbocycles. The maximum absolute atomic E-state index is 12.0. The summed E-state index contributed by atoms with van der Waals surface area (Å²) in [5, 5.41) is 2.77. The number of nitrogens with one attached hydrogen (secondary N) is 1. The van der Waals surface area contributed by atoms with Gasteiger partial charge in [-0.05, 0) is 36.8 Å². The predicted molar refractivity (Wildman–Crippen MR) is 93.9 cm³/mol. The lowest BCUT2D eigenvalue weighted by Crippen LogP contribution is -2.20. The summed E-state index contributed by atoms with van der Waals surface area (Å²) in [5.74, 6) is 1.51. The zero-order chi connectivity index (χ0) is 17.4. The fraction of sp³-hybridized carbons (Fsp3) is 0.211. The number of rotatable bonds is 8. The Morgan fingerprint density at radius 3 is 2.50 bits per heavy atom. The maximum atomic E-state index is 12.0. The molecular weight excluding hydrogens is 306 g/mol. The topological polar surface area (TPSA) is 56.8 Å². The average Bonchev–Trinajstić information content (AvgIpc) is 2.58. The van der Waals surface area contributed by atoms with Gasteiger partial charge in [-0.3, -0.25) is 4.79 Å². The maximum Gasteiger partial charge on any atom is 0.262 e. The standard InChI is InChI=1S/C19H21NO4/c1-14(2)12-23-16-8-6-7-15(11-16)20-19(21)13-24-18-10-5-4-9-17(18)22-3/h4-11H,1,12-13H2,2-3H3,(H,20,21). The third-order valence-corrected chi connectivity index (χ3v) is 3.03. The van der Waals surface area contributed by atoms with E-state index in [1.54, 1.807) is 31.4 Å². The number of methoxy groups -OCH3 is 1. The Morgan fingerprint density at radius 2 is 1.79 bits per heavy atom. The number of para-hydroxylation sites is 2. The van der Waals surface area contributed by atoms with Crippen LogP contribution in [-0.4, -0.2) is 26.2 Å². The van der Waals surface area contributed by atoms with Crippen molar-refractivity contribution in [2.45, 2.75) is 6.92 Å². The van der Waals surface area contributed by atoms with Gasteiger partial charge in [0.05, 0.1) is 7.11 Å². The fourth-order valence-electron chi connectivity index (χ4n) is 1.95. The van der Waals surface area contributed by atoms with Crippen molar-refractivity contribution in [2.24, 2.45) is 0 Å². The molecule has 0 saturated carbocycles. The van der Waals surface area contributed by atoms with Crippen LogP contribution in [0.3, 0.4) is 0 Å². The molecule has 2 aromatic carbocycles. The van der Waals surface area contributed by atoms with Crippen LogP contribution in [0.15, 0.2) is 60.7 Å². The molecule has 0 spiro atoms. The minimum atomic E-state index is -0.266. The van der Waals surface area contributed by atoms with E-state index in [-0.39, 0.29) is 12.5 Å². The average molecular weight is 327 g/mol. The third kappa shape index (κ3) is 5.35. The lowest BCUT2D eigenvalue weighted by atomic mass is 10.3. The molecule has 5 nitrogen and oxygen atoms in total. The summed E-state index contributed by atoms with van der Waals surface area (Å²) >= 11 is 0. The fourth-order valence-corrected chi connectivity index (χ4v) is 1.95. The van der Waals surface area contributed by atoms with Crippen molar-refractivity contribution >= 4 is 11.6 Å². The number of hydrogen-bond donors (Lipinski definition) is 1. The molecule has 0 aromatic heterocycles. The minimum Gasteiger partial charge on any atom is -0.493 e. The Kier molecular flexibility index (Phi) is 6.25. The number of carbonyl (C=O) groups is 1. The van der Waals surface area contributed by atoms with Gasteiger partial charge in [0.2, 0.25) is 0 Å². The summed E-state index contributed by atoms with van der Waals surface area (Å²) in [4.78, 5) is 12.0. The minimum absolute atomic E-state index is 0.114. The number of anilines is 1. The molecule has 2 rings (SSSR count). The van der Waals surface area contributed by atoms with Gasteiger partial charge in [-0.15, -0.1) is 0 Å². The zero-order valence-electron chi connectivity index (χ0n) is 13.9. The summed E-state index contributed by atoms with van der Waals surface area (Å²) < 4.78 is 16.2. The van der Waals surface area contributed by atoms with Crippen molar-refractivity contribution in [3.05, 3.63) is 60.7 Å². The second-order valence-corrected chi connectivity index (χ2v) is 5.26. The van der Waals surface area contributed by atoms with Crippen molar-refractivity contribution < 1.29 is 19.0 Å². The quantitative estimate of drug-likeness (QED) is 0.752. The molecule has 0 radical (unpaired) electrons. The molecule has 1 N–H and O–H groups in total. The number of carbonyl (C=O) groups excluding carboxylic acids is 1. The summed E-state index contributed by atoms with van der Waals surface area (Å²) in [5.41, 5.74) is 1.57. The Bertz CT molecular complexity index is 712. The molecule has 126 valence electrons. The highest BCUT2D eigenvalue weighted by Gasteiger charge is 2.07. The predicted octanol–water partition coefficient (Wildman–Crippen LogP) is 3.67. The van der Waals surface area contributed by atoms with E-state index >= 15 is 0 Å². The van der Waals surface area contributed by atoms with Crippen LogP contribution >= 0.6 is 0 Å². The summed E-state index contributed by atoms with van der Waals surface area (Å²) in [6.45, 7) is 6.00. The Balaban J connectivity index is 1.90. The van der Waals surface area contributed by atoms with Crippen LogP contribution in [-0.2, 0) is 4.79 Å². The van der Waals surface area contributed by atoms with E-state index < -0.39 is 0 Å². The summed E-state index contributed by atoms with van der Waals surface area (Å²) in [6, 6.07) is 14.3. The Hall–Kier alpha value is -2.95. The van der Waals surface area contributed by atoms with E-state index in [0.717, 1.165) is 5.57 Å².